The van der Waals surface area contributed by atoms with Gasteiger partial charge >= 0.3 is 0 Å². The molecule has 1 atom stereocenters. The van der Waals surface area contributed by atoms with E-state index in [2.05, 4.69) is 22.5 Å². The SMILES string of the molecule is COc1c(CNC[C@H]2Cc3ccccc3O2)c(C)nn1C. The fourth-order valence-corrected chi connectivity index (χ4v) is 2.87. The van der Waals surface area contributed by atoms with E-state index in [0.29, 0.717) is 0 Å². The quantitative estimate of drug-likeness (QED) is 0.911. The fraction of sp³-hybridized carbons (Fsp3) is 0.438. The number of fused-ring (bicyclic) bond motifs is 1. The van der Waals surface area contributed by atoms with Gasteiger partial charge in [-0.25, -0.2) is 4.68 Å². The Morgan fingerprint density at radius 1 is 1.43 bits per heavy atom. The average Bonchev–Trinajstić information content (AvgIpc) is 2.99. The normalized spacial score (nSPS) is 16.6. The molecule has 0 unspecified atom stereocenters. The van der Waals surface area contributed by atoms with Crippen molar-refractivity contribution < 1.29 is 9.47 Å². The van der Waals surface area contributed by atoms with E-state index in [1.807, 2.05) is 26.1 Å². The highest BCUT2D eigenvalue weighted by Crippen LogP contribution is 2.28. The molecular weight excluding hydrogens is 266 g/mol. The van der Waals surface area contributed by atoms with E-state index in [-0.39, 0.29) is 6.10 Å². The monoisotopic (exact) mass is 287 g/mol. The van der Waals surface area contributed by atoms with Crippen molar-refractivity contribution >= 4 is 0 Å². The Morgan fingerprint density at radius 2 is 2.24 bits per heavy atom. The molecule has 1 aromatic heterocycles. The molecule has 0 saturated carbocycles. The van der Waals surface area contributed by atoms with Crippen molar-refractivity contribution in [2.75, 3.05) is 13.7 Å². The van der Waals surface area contributed by atoms with Crippen LogP contribution in [0.25, 0.3) is 0 Å². The summed E-state index contributed by atoms with van der Waals surface area (Å²) in [6, 6.07) is 8.23. The Balaban J connectivity index is 1.56. The predicted octanol–water partition coefficient (Wildman–Crippen LogP) is 1.83. The van der Waals surface area contributed by atoms with Gasteiger partial charge < -0.3 is 14.8 Å². The summed E-state index contributed by atoms with van der Waals surface area (Å²) >= 11 is 0. The number of benzene rings is 1. The van der Waals surface area contributed by atoms with Gasteiger partial charge in [-0.3, -0.25) is 0 Å². The van der Waals surface area contributed by atoms with Crippen molar-refractivity contribution in [3.05, 3.63) is 41.1 Å². The number of aryl methyl sites for hydroxylation is 2. The summed E-state index contributed by atoms with van der Waals surface area (Å²) < 4.78 is 13.1. The Hall–Kier alpha value is -2.01. The number of aromatic nitrogens is 2. The molecule has 1 aliphatic rings. The highest BCUT2D eigenvalue weighted by molar-refractivity contribution is 5.37. The molecule has 0 spiro atoms. The third-order valence-electron chi connectivity index (χ3n) is 3.87. The van der Waals surface area contributed by atoms with E-state index < -0.39 is 0 Å². The zero-order chi connectivity index (χ0) is 14.8. The minimum atomic E-state index is 0.199. The van der Waals surface area contributed by atoms with Crippen LogP contribution in [0.5, 0.6) is 11.6 Å². The smallest absolute Gasteiger partial charge is 0.216 e. The van der Waals surface area contributed by atoms with Gasteiger partial charge in [-0.1, -0.05) is 18.2 Å². The van der Waals surface area contributed by atoms with E-state index in [1.54, 1.807) is 11.8 Å². The predicted molar refractivity (Wildman–Crippen MR) is 80.8 cm³/mol. The van der Waals surface area contributed by atoms with Crippen LogP contribution in [0.1, 0.15) is 16.8 Å². The molecule has 0 amide bonds. The second-order valence-corrected chi connectivity index (χ2v) is 5.38. The standard InChI is InChI=1S/C16H21N3O2/c1-11-14(16(20-3)19(2)18-11)10-17-9-13-8-12-6-4-5-7-15(12)21-13/h4-7,13,17H,8-10H2,1-3H3/t13-/m1/s1. The Morgan fingerprint density at radius 3 is 3.00 bits per heavy atom. The van der Waals surface area contributed by atoms with Gasteiger partial charge in [0.2, 0.25) is 5.88 Å². The highest BCUT2D eigenvalue weighted by Gasteiger charge is 2.22. The van der Waals surface area contributed by atoms with Crippen LogP contribution in [0.15, 0.2) is 24.3 Å². The van der Waals surface area contributed by atoms with Crippen LogP contribution in [0.2, 0.25) is 0 Å². The lowest BCUT2D eigenvalue weighted by Gasteiger charge is -2.12. The van der Waals surface area contributed by atoms with Gasteiger partial charge in [-0.2, -0.15) is 5.10 Å². The Labute approximate surface area is 124 Å². The van der Waals surface area contributed by atoms with Gasteiger partial charge in [-0.05, 0) is 18.6 Å². The summed E-state index contributed by atoms with van der Waals surface area (Å²) in [6.45, 7) is 3.55. The van der Waals surface area contributed by atoms with E-state index in [0.717, 1.165) is 42.4 Å². The van der Waals surface area contributed by atoms with Crippen molar-refractivity contribution in [3.63, 3.8) is 0 Å². The van der Waals surface area contributed by atoms with Crippen molar-refractivity contribution in [2.24, 2.45) is 7.05 Å². The molecule has 0 aliphatic carbocycles. The summed E-state index contributed by atoms with van der Waals surface area (Å²) in [7, 11) is 3.57. The van der Waals surface area contributed by atoms with Crippen LogP contribution < -0.4 is 14.8 Å². The number of nitrogens with one attached hydrogen (secondary N) is 1. The maximum atomic E-state index is 5.92. The van der Waals surface area contributed by atoms with Gasteiger partial charge in [0, 0.05) is 26.6 Å². The average molecular weight is 287 g/mol. The van der Waals surface area contributed by atoms with Crippen LogP contribution in [0.4, 0.5) is 0 Å². The maximum absolute atomic E-state index is 5.92. The highest BCUT2D eigenvalue weighted by atomic mass is 16.5. The minimum Gasteiger partial charge on any atom is -0.488 e. The molecule has 5 nitrogen and oxygen atoms in total. The topological polar surface area (TPSA) is 48.3 Å². The van der Waals surface area contributed by atoms with Gasteiger partial charge in [0.15, 0.2) is 0 Å². The molecule has 112 valence electrons. The molecule has 1 N–H and O–H groups in total. The molecule has 1 aromatic carbocycles. The summed E-state index contributed by atoms with van der Waals surface area (Å²) in [5.41, 5.74) is 3.40. The van der Waals surface area contributed by atoms with Crippen LogP contribution in [0, 0.1) is 6.92 Å². The number of methoxy groups -OCH3 is 1. The van der Waals surface area contributed by atoms with Crippen LogP contribution in [0.3, 0.4) is 0 Å². The Bertz CT molecular complexity index is 611. The summed E-state index contributed by atoms with van der Waals surface area (Å²) in [5.74, 6) is 1.83. The maximum Gasteiger partial charge on any atom is 0.216 e. The van der Waals surface area contributed by atoms with Gasteiger partial charge in [0.05, 0.1) is 18.4 Å². The third-order valence-corrected chi connectivity index (χ3v) is 3.87. The first-order valence-corrected chi connectivity index (χ1v) is 7.20. The second kappa shape index (κ2) is 5.77. The van der Waals surface area contributed by atoms with E-state index in [4.69, 9.17) is 9.47 Å². The molecule has 2 heterocycles. The number of para-hydroxylation sites is 1. The van der Waals surface area contributed by atoms with Gasteiger partial charge in [-0.15, -0.1) is 0 Å². The van der Waals surface area contributed by atoms with Crippen molar-refractivity contribution in [1.29, 1.82) is 0 Å². The van der Waals surface area contributed by atoms with Crippen molar-refractivity contribution in [1.82, 2.24) is 15.1 Å². The number of hydrogen-bond acceptors (Lipinski definition) is 4. The van der Waals surface area contributed by atoms with Crippen molar-refractivity contribution in [2.45, 2.75) is 26.0 Å². The van der Waals surface area contributed by atoms with E-state index in [1.165, 1.54) is 5.56 Å². The lowest BCUT2D eigenvalue weighted by atomic mass is 10.1. The Kier molecular flexibility index (Phi) is 3.84. The lowest BCUT2D eigenvalue weighted by Crippen LogP contribution is -2.29. The molecule has 2 aromatic rings. The largest absolute Gasteiger partial charge is 0.488 e. The van der Waals surface area contributed by atoms with Crippen LogP contribution in [-0.4, -0.2) is 29.5 Å². The van der Waals surface area contributed by atoms with E-state index in [9.17, 15) is 0 Å². The molecule has 0 saturated heterocycles. The zero-order valence-electron chi connectivity index (χ0n) is 12.7. The van der Waals surface area contributed by atoms with Crippen LogP contribution >= 0.6 is 0 Å². The molecule has 21 heavy (non-hydrogen) atoms. The second-order valence-electron chi connectivity index (χ2n) is 5.38. The minimum absolute atomic E-state index is 0.199. The zero-order valence-corrected chi connectivity index (χ0v) is 12.7. The summed E-state index contributed by atoms with van der Waals surface area (Å²) in [4.78, 5) is 0. The summed E-state index contributed by atoms with van der Waals surface area (Å²) in [5, 5.41) is 7.83. The molecule has 5 heteroatoms. The molecule has 3 rings (SSSR count). The first-order chi connectivity index (χ1) is 10.2. The lowest BCUT2D eigenvalue weighted by molar-refractivity contribution is 0.227. The number of nitrogens with zero attached hydrogens (tertiary/aromatic N) is 2. The van der Waals surface area contributed by atoms with E-state index >= 15 is 0 Å². The number of rotatable bonds is 5. The molecule has 0 bridgehead atoms. The number of hydrogen-bond donors (Lipinski definition) is 1. The van der Waals surface area contributed by atoms with Gasteiger partial charge in [0.1, 0.15) is 11.9 Å². The first kappa shape index (κ1) is 13.9. The van der Waals surface area contributed by atoms with Crippen LogP contribution in [-0.2, 0) is 20.0 Å². The summed E-state index contributed by atoms with van der Waals surface area (Å²) in [6.07, 6.45) is 1.16. The third kappa shape index (κ3) is 2.74. The molecule has 1 aliphatic heterocycles. The first-order valence-electron chi connectivity index (χ1n) is 7.20. The fourth-order valence-electron chi connectivity index (χ4n) is 2.87. The molecule has 0 radical (unpaired) electrons. The van der Waals surface area contributed by atoms with Crippen molar-refractivity contribution in [3.8, 4) is 11.6 Å². The van der Waals surface area contributed by atoms with Gasteiger partial charge in [0.25, 0.3) is 0 Å². The molecular formula is C16H21N3O2. The number of ether oxygens (including phenoxy) is 2. The molecule has 0 fully saturated rings.